The van der Waals surface area contributed by atoms with Crippen LogP contribution in [-0.4, -0.2) is 23.2 Å². The van der Waals surface area contributed by atoms with Gasteiger partial charge in [-0.2, -0.15) is 0 Å². The molecule has 2 aromatic rings. The van der Waals surface area contributed by atoms with Crippen molar-refractivity contribution in [3.8, 4) is 0 Å². The molecular formula is C18H17FN2O4. The van der Waals surface area contributed by atoms with Crippen molar-refractivity contribution in [2.75, 3.05) is 0 Å². The van der Waals surface area contributed by atoms with Crippen molar-refractivity contribution in [3.63, 3.8) is 0 Å². The number of amides is 1. The van der Waals surface area contributed by atoms with Crippen LogP contribution in [0.15, 0.2) is 53.7 Å². The minimum atomic E-state index is -1.12. The van der Waals surface area contributed by atoms with Crippen molar-refractivity contribution in [1.29, 1.82) is 0 Å². The number of rotatable bonds is 7. The van der Waals surface area contributed by atoms with Crippen molar-refractivity contribution >= 4 is 18.1 Å². The molecular weight excluding hydrogens is 327 g/mol. The lowest BCUT2D eigenvalue weighted by Crippen LogP contribution is -2.21. The Morgan fingerprint density at radius 2 is 1.92 bits per heavy atom. The fourth-order valence-electron chi connectivity index (χ4n) is 2.18. The maximum atomic E-state index is 12.8. The quantitative estimate of drug-likeness (QED) is 0.457. The van der Waals surface area contributed by atoms with E-state index < -0.39 is 23.8 Å². The molecule has 2 N–H and O–H groups in total. The third-order valence-electron chi connectivity index (χ3n) is 3.44. The van der Waals surface area contributed by atoms with Gasteiger partial charge in [0, 0.05) is 12.1 Å². The molecule has 6 nitrogen and oxygen atoms in total. The summed E-state index contributed by atoms with van der Waals surface area (Å²) >= 11 is 0. The summed E-state index contributed by atoms with van der Waals surface area (Å²) in [5, 5.41) is 14.7. The predicted octanol–water partition coefficient (Wildman–Crippen LogP) is 3.54. The largest absolute Gasteiger partial charge is 0.465 e. The first-order valence-corrected chi connectivity index (χ1v) is 7.51. The highest BCUT2D eigenvalue weighted by Gasteiger charge is 2.12. The first-order valence-electron chi connectivity index (χ1n) is 7.51. The number of hydrogen-bond donors (Lipinski definition) is 2. The van der Waals surface area contributed by atoms with Gasteiger partial charge in [-0.25, -0.2) is 9.18 Å². The first kappa shape index (κ1) is 18.1. The second-order valence-electron chi connectivity index (χ2n) is 5.21. The Hall–Kier alpha value is -3.22. The molecule has 0 aliphatic carbocycles. The van der Waals surface area contributed by atoms with Gasteiger partial charge in [0.25, 0.3) is 0 Å². The fourth-order valence-corrected chi connectivity index (χ4v) is 2.18. The van der Waals surface area contributed by atoms with Gasteiger partial charge in [0.15, 0.2) is 0 Å². The normalized spacial score (nSPS) is 11.9. The molecule has 0 fully saturated rings. The standard InChI is InChI=1S/C18H17FN2O4/c1-12(16-5-3-2-4-14(16)10-20-18(23)24)25-21-11-17(22)13-6-8-15(19)9-7-13/h2-9,11-12,20H,10H2,1H3,(H,23,24). The molecule has 130 valence electrons. The molecule has 0 saturated heterocycles. The third-order valence-corrected chi connectivity index (χ3v) is 3.44. The predicted molar refractivity (Wildman–Crippen MR) is 90.0 cm³/mol. The molecule has 7 heteroatoms. The summed E-state index contributed by atoms with van der Waals surface area (Å²) in [6, 6.07) is 12.3. The van der Waals surface area contributed by atoms with E-state index in [1.807, 2.05) is 0 Å². The second kappa shape index (κ2) is 8.58. The van der Waals surface area contributed by atoms with E-state index in [4.69, 9.17) is 9.94 Å². The molecule has 0 saturated carbocycles. The number of ketones is 1. The van der Waals surface area contributed by atoms with Crippen LogP contribution in [0, 0.1) is 5.82 Å². The minimum Gasteiger partial charge on any atom is -0.465 e. The highest BCUT2D eigenvalue weighted by molar-refractivity contribution is 6.35. The lowest BCUT2D eigenvalue weighted by Gasteiger charge is -2.14. The maximum absolute atomic E-state index is 12.8. The maximum Gasteiger partial charge on any atom is 0.404 e. The van der Waals surface area contributed by atoms with E-state index in [0.29, 0.717) is 5.56 Å². The van der Waals surface area contributed by atoms with Gasteiger partial charge in [0.05, 0.1) is 0 Å². The van der Waals surface area contributed by atoms with Gasteiger partial charge >= 0.3 is 6.09 Å². The van der Waals surface area contributed by atoms with Crippen LogP contribution < -0.4 is 5.32 Å². The van der Waals surface area contributed by atoms with Gasteiger partial charge in [0.2, 0.25) is 5.78 Å². The van der Waals surface area contributed by atoms with Gasteiger partial charge in [-0.3, -0.25) is 4.79 Å². The molecule has 0 bridgehead atoms. The fraction of sp³-hybridized carbons (Fsp3) is 0.167. The Bertz CT molecular complexity index is 775. The molecule has 0 heterocycles. The molecule has 2 rings (SSSR count). The summed E-state index contributed by atoms with van der Waals surface area (Å²) in [7, 11) is 0. The second-order valence-corrected chi connectivity index (χ2v) is 5.21. The summed E-state index contributed by atoms with van der Waals surface area (Å²) in [6.07, 6.45) is -0.586. The highest BCUT2D eigenvalue weighted by atomic mass is 19.1. The van der Waals surface area contributed by atoms with Crippen LogP contribution in [0.5, 0.6) is 0 Å². The van der Waals surface area contributed by atoms with Crippen LogP contribution in [0.2, 0.25) is 0 Å². The Morgan fingerprint density at radius 3 is 2.60 bits per heavy atom. The molecule has 1 unspecified atom stereocenters. The number of oxime groups is 1. The zero-order valence-corrected chi connectivity index (χ0v) is 13.5. The number of carbonyl (C=O) groups excluding carboxylic acids is 1. The van der Waals surface area contributed by atoms with Gasteiger partial charge in [-0.1, -0.05) is 29.4 Å². The number of nitrogens with zero attached hydrogens (tertiary/aromatic N) is 1. The Balaban J connectivity index is 2.00. The van der Waals surface area contributed by atoms with Gasteiger partial charge in [0.1, 0.15) is 18.1 Å². The highest BCUT2D eigenvalue weighted by Crippen LogP contribution is 2.21. The molecule has 0 aliphatic heterocycles. The number of carboxylic acid groups (broad SMARTS) is 1. The number of nitrogens with one attached hydrogen (secondary N) is 1. The Labute approximate surface area is 143 Å². The topological polar surface area (TPSA) is 88.0 Å². The van der Waals surface area contributed by atoms with Crippen LogP contribution >= 0.6 is 0 Å². The molecule has 0 spiro atoms. The molecule has 1 amide bonds. The molecule has 0 aliphatic rings. The average Bonchev–Trinajstić information content (AvgIpc) is 2.60. The van der Waals surface area contributed by atoms with E-state index in [1.165, 1.54) is 24.3 Å². The SMILES string of the molecule is CC(ON=CC(=O)c1ccc(F)cc1)c1ccccc1CNC(=O)O. The number of halogens is 1. The first-order chi connectivity index (χ1) is 12.0. The Morgan fingerprint density at radius 1 is 1.24 bits per heavy atom. The Kier molecular flexibility index (Phi) is 6.22. The number of benzene rings is 2. The monoisotopic (exact) mass is 344 g/mol. The van der Waals surface area contributed by atoms with Crippen molar-refractivity contribution in [2.24, 2.45) is 5.16 Å². The van der Waals surface area contributed by atoms with Crippen LogP contribution in [-0.2, 0) is 11.4 Å². The van der Waals surface area contributed by atoms with E-state index in [-0.39, 0.29) is 6.54 Å². The van der Waals surface area contributed by atoms with Crippen LogP contribution in [0.25, 0.3) is 0 Å². The summed E-state index contributed by atoms with van der Waals surface area (Å²) in [6.45, 7) is 1.87. The number of hydrogen-bond acceptors (Lipinski definition) is 4. The number of carbonyl (C=O) groups is 2. The lowest BCUT2D eigenvalue weighted by atomic mass is 10.0. The van der Waals surface area contributed by atoms with E-state index in [1.54, 1.807) is 31.2 Å². The average molecular weight is 344 g/mol. The van der Waals surface area contributed by atoms with E-state index in [9.17, 15) is 14.0 Å². The van der Waals surface area contributed by atoms with E-state index in [0.717, 1.165) is 17.3 Å². The van der Waals surface area contributed by atoms with Crippen LogP contribution in [0.1, 0.15) is 34.5 Å². The minimum absolute atomic E-state index is 0.136. The zero-order chi connectivity index (χ0) is 18.2. The summed E-state index contributed by atoms with van der Waals surface area (Å²) < 4.78 is 12.8. The molecule has 0 aromatic heterocycles. The van der Waals surface area contributed by atoms with Gasteiger partial charge in [-0.15, -0.1) is 0 Å². The van der Waals surface area contributed by atoms with Crippen molar-refractivity contribution in [1.82, 2.24) is 5.32 Å². The molecule has 1 atom stereocenters. The van der Waals surface area contributed by atoms with Crippen molar-refractivity contribution in [2.45, 2.75) is 19.6 Å². The zero-order valence-electron chi connectivity index (χ0n) is 13.5. The summed E-state index contributed by atoms with van der Waals surface area (Å²) in [5.74, 6) is -0.835. The lowest BCUT2D eigenvalue weighted by molar-refractivity contribution is 0.0716. The van der Waals surface area contributed by atoms with Gasteiger partial charge < -0.3 is 15.3 Å². The number of Topliss-reactive ketones (excluding diaryl/α,β-unsaturated/α-hetero) is 1. The molecule has 0 radical (unpaired) electrons. The van der Waals surface area contributed by atoms with Gasteiger partial charge in [-0.05, 0) is 42.3 Å². The van der Waals surface area contributed by atoms with E-state index >= 15 is 0 Å². The third kappa shape index (κ3) is 5.42. The molecule has 2 aromatic carbocycles. The summed E-state index contributed by atoms with van der Waals surface area (Å²) in [4.78, 5) is 27.8. The smallest absolute Gasteiger partial charge is 0.404 e. The summed E-state index contributed by atoms with van der Waals surface area (Å²) in [5.41, 5.74) is 1.80. The van der Waals surface area contributed by atoms with Crippen LogP contribution in [0.3, 0.4) is 0 Å². The van der Waals surface area contributed by atoms with Crippen molar-refractivity contribution < 1.29 is 23.9 Å². The van der Waals surface area contributed by atoms with Crippen molar-refractivity contribution in [3.05, 3.63) is 71.0 Å². The van der Waals surface area contributed by atoms with E-state index in [2.05, 4.69) is 10.5 Å². The van der Waals surface area contributed by atoms with Crippen LogP contribution in [0.4, 0.5) is 9.18 Å². The molecule has 25 heavy (non-hydrogen) atoms.